The Balaban J connectivity index is 1.46. The Labute approximate surface area is 222 Å². The SMILES string of the molecule is Cc1nnc(-c2cc(C(C)(C)C)n(-c3cccc(C(=O)NC(Cc4ccccc4)c4ccccc4)c3)n2)o1. The number of carbonyl (C=O) groups is 1. The van der Waals surface area contributed by atoms with Crippen molar-refractivity contribution < 1.29 is 9.21 Å². The zero-order valence-electron chi connectivity index (χ0n) is 22.1. The van der Waals surface area contributed by atoms with E-state index in [-0.39, 0.29) is 17.4 Å². The molecule has 1 atom stereocenters. The first-order valence-electron chi connectivity index (χ1n) is 12.7. The normalized spacial score (nSPS) is 12.3. The van der Waals surface area contributed by atoms with Crippen LogP contribution in [-0.4, -0.2) is 25.9 Å². The maximum Gasteiger partial charge on any atom is 0.268 e. The van der Waals surface area contributed by atoms with Crippen LogP contribution in [0.3, 0.4) is 0 Å². The highest BCUT2D eigenvalue weighted by atomic mass is 16.4. The van der Waals surface area contributed by atoms with Crippen LogP contribution in [0.5, 0.6) is 0 Å². The van der Waals surface area contributed by atoms with Gasteiger partial charge in [-0.1, -0.05) is 87.5 Å². The summed E-state index contributed by atoms with van der Waals surface area (Å²) in [6.07, 6.45) is 0.691. The van der Waals surface area contributed by atoms with Gasteiger partial charge in [0.15, 0.2) is 0 Å². The number of aryl methyl sites for hydroxylation is 1. The highest BCUT2D eigenvalue weighted by Gasteiger charge is 2.25. The number of hydrogen-bond acceptors (Lipinski definition) is 5. The van der Waals surface area contributed by atoms with E-state index >= 15 is 0 Å². The van der Waals surface area contributed by atoms with E-state index in [0.717, 1.165) is 22.5 Å². The molecule has 0 spiro atoms. The first-order valence-corrected chi connectivity index (χ1v) is 12.7. The van der Waals surface area contributed by atoms with Crippen LogP contribution in [0.4, 0.5) is 0 Å². The molecule has 2 aromatic heterocycles. The second-order valence-corrected chi connectivity index (χ2v) is 10.4. The van der Waals surface area contributed by atoms with Crippen LogP contribution in [0.2, 0.25) is 0 Å². The van der Waals surface area contributed by atoms with E-state index in [0.29, 0.717) is 29.5 Å². The van der Waals surface area contributed by atoms with Crippen LogP contribution < -0.4 is 5.32 Å². The van der Waals surface area contributed by atoms with Crippen molar-refractivity contribution in [3.63, 3.8) is 0 Å². The van der Waals surface area contributed by atoms with Crippen LogP contribution in [0.15, 0.2) is 95.4 Å². The second kappa shape index (κ2) is 10.5. The van der Waals surface area contributed by atoms with Crippen LogP contribution in [0.1, 0.15) is 59.9 Å². The molecule has 1 N–H and O–H groups in total. The third kappa shape index (κ3) is 5.57. The molecule has 5 rings (SSSR count). The molecule has 0 radical (unpaired) electrons. The lowest BCUT2D eigenvalue weighted by atomic mass is 9.91. The predicted molar refractivity (Wildman–Crippen MR) is 147 cm³/mol. The van der Waals surface area contributed by atoms with Gasteiger partial charge >= 0.3 is 0 Å². The molecule has 0 aliphatic heterocycles. The Kier molecular flexibility index (Phi) is 6.92. The lowest BCUT2D eigenvalue weighted by molar-refractivity contribution is 0.0936. The summed E-state index contributed by atoms with van der Waals surface area (Å²) >= 11 is 0. The summed E-state index contributed by atoms with van der Waals surface area (Å²) in [6.45, 7) is 8.11. The van der Waals surface area contributed by atoms with Crippen LogP contribution in [0.25, 0.3) is 17.3 Å². The van der Waals surface area contributed by atoms with Crippen molar-refractivity contribution in [3.8, 4) is 17.3 Å². The molecule has 0 bridgehead atoms. The van der Waals surface area contributed by atoms with Gasteiger partial charge in [0.25, 0.3) is 11.8 Å². The standard InChI is InChI=1S/C31H31N5O2/c1-21-33-34-30(38-21)27-20-28(31(2,3)4)36(35-27)25-17-11-16-24(19-25)29(37)32-26(23-14-9-6-10-15-23)18-22-12-7-5-8-13-22/h5-17,19-20,26H,18H2,1-4H3,(H,32,37). The summed E-state index contributed by atoms with van der Waals surface area (Å²) in [4.78, 5) is 13.5. The molecule has 1 amide bonds. The molecule has 0 aliphatic carbocycles. The molecule has 0 aliphatic rings. The van der Waals surface area contributed by atoms with Crippen LogP contribution in [0, 0.1) is 6.92 Å². The molecule has 0 saturated heterocycles. The third-order valence-electron chi connectivity index (χ3n) is 6.37. The van der Waals surface area contributed by atoms with Crippen LogP contribution >= 0.6 is 0 Å². The fraction of sp³-hybridized carbons (Fsp3) is 0.226. The van der Waals surface area contributed by atoms with E-state index in [2.05, 4.69) is 48.4 Å². The van der Waals surface area contributed by atoms with Crippen molar-refractivity contribution in [1.29, 1.82) is 0 Å². The second-order valence-electron chi connectivity index (χ2n) is 10.4. The van der Waals surface area contributed by atoms with Gasteiger partial charge in [-0.05, 0) is 41.8 Å². The highest BCUT2D eigenvalue weighted by Crippen LogP contribution is 2.30. The fourth-order valence-electron chi connectivity index (χ4n) is 4.42. The average Bonchev–Trinajstić information content (AvgIpc) is 3.56. The minimum absolute atomic E-state index is 0.145. The molecular formula is C31H31N5O2. The number of aromatic nitrogens is 4. The fourth-order valence-corrected chi connectivity index (χ4v) is 4.42. The van der Waals surface area contributed by atoms with Gasteiger partial charge in [-0.2, -0.15) is 5.10 Å². The summed E-state index contributed by atoms with van der Waals surface area (Å²) in [5.74, 6) is 0.704. The van der Waals surface area contributed by atoms with E-state index in [4.69, 9.17) is 9.52 Å². The number of rotatable bonds is 7. The van der Waals surface area contributed by atoms with Crippen molar-refractivity contribution in [3.05, 3.63) is 119 Å². The van der Waals surface area contributed by atoms with Crippen molar-refractivity contribution >= 4 is 5.91 Å². The summed E-state index contributed by atoms with van der Waals surface area (Å²) in [7, 11) is 0. The van der Waals surface area contributed by atoms with E-state index in [1.807, 2.05) is 83.5 Å². The lowest BCUT2D eigenvalue weighted by Crippen LogP contribution is -2.30. The van der Waals surface area contributed by atoms with Gasteiger partial charge in [0.1, 0.15) is 5.69 Å². The molecule has 2 heterocycles. The largest absolute Gasteiger partial charge is 0.420 e. The van der Waals surface area contributed by atoms with Crippen molar-refractivity contribution in [2.75, 3.05) is 0 Å². The van der Waals surface area contributed by atoms with Crippen molar-refractivity contribution in [2.24, 2.45) is 0 Å². The number of hydrogen-bond donors (Lipinski definition) is 1. The molecule has 3 aromatic carbocycles. The summed E-state index contributed by atoms with van der Waals surface area (Å²) in [6, 6.07) is 29.6. The van der Waals surface area contributed by atoms with Gasteiger partial charge in [0.05, 0.1) is 17.4 Å². The van der Waals surface area contributed by atoms with Gasteiger partial charge in [0.2, 0.25) is 5.89 Å². The quantitative estimate of drug-likeness (QED) is 0.283. The number of amides is 1. The Morgan fingerprint density at radius 1 is 0.921 bits per heavy atom. The highest BCUT2D eigenvalue weighted by molar-refractivity contribution is 5.95. The predicted octanol–water partition coefficient (Wildman–Crippen LogP) is 6.24. The zero-order chi connectivity index (χ0) is 26.7. The summed E-state index contributed by atoms with van der Waals surface area (Å²) < 4.78 is 7.47. The van der Waals surface area contributed by atoms with Crippen molar-refractivity contribution in [1.82, 2.24) is 25.3 Å². The van der Waals surface area contributed by atoms with Crippen LogP contribution in [-0.2, 0) is 11.8 Å². The molecule has 192 valence electrons. The first-order chi connectivity index (χ1) is 18.3. The van der Waals surface area contributed by atoms with Gasteiger partial charge in [-0.15, -0.1) is 10.2 Å². The molecule has 0 saturated carbocycles. The molecule has 5 aromatic rings. The third-order valence-corrected chi connectivity index (χ3v) is 6.37. The Morgan fingerprint density at radius 3 is 2.29 bits per heavy atom. The maximum atomic E-state index is 13.5. The van der Waals surface area contributed by atoms with E-state index < -0.39 is 0 Å². The number of nitrogens with zero attached hydrogens (tertiary/aromatic N) is 4. The lowest BCUT2D eigenvalue weighted by Gasteiger charge is -2.21. The van der Waals surface area contributed by atoms with E-state index in [1.54, 1.807) is 6.92 Å². The number of benzene rings is 3. The Morgan fingerprint density at radius 2 is 1.63 bits per heavy atom. The summed E-state index contributed by atoms with van der Waals surface area (Å²) in [5, 5.41) is 16.1. The molecule has 38 heavy (non-hydrogen) atoms. The summed E-state index contributed by atoms with van der Waals surface area (Å²) in [5.41, 5.74) is 4.90. The van der Waals surface area contributed by atoms with Gasteiger partial charge in [0, 0.05) is 17.9 Å². The molecule has 1 unspecified atom stereocenters. The zero-order valence-corrected chi connectivity index (χ0v) is 22.1. The topological polar surface area (TPSA) is 85.8 Å². The van der Waals surface area contributed by atoms with Gasteiger partial charge in [-0.3, -0.25) is 4.79 Å². The Hall–Kier alpha value is -4.52. The van der Waals surface area contributed by atoms with Gasteiger partial charge < -0.3 is 9.73 Å². The average molecular weight is 506 g/mol. The molecule has 7 heteroatoms. The molecular weight excluding hydrogens is 474 g/mol. The smallest absolute Gasteiger partial charge is 0.268 e. The number of carbonyl (C=O) groups excluding carboxylic acids is 1. The Bertz CT molecular complexity index is 1530. The minimum Gasteiger partial charge on any atom is -0.420 e. The monoisotopic (exact) mass is 505 g/mol. The minimum atomic E-state index is -0.216. The van der Waals surface area contributed by atoms with Gasteiger partial charge in [-0.25, -0.2) is 4.68 Å². The van der Waals surface area contributed by atoms with E-state index in [1.165, 1.54) is 0 Å². The maximum absolute atomic E-state index is 13.5. The molecule has 7 nitrogen and oxygen atoms in total. The van der Waals surface area contributed by atoms with E-state index in [9.17, 15) is 4.79 Å². The molecule has 0 fully saturated rings. The van der Waals surface area contributed by atoms with Crippen molar-refractivity contribution in [2.45, 2.75) is 45.6 Å². The first kappa shape index (κ1) is 25.1. The number of nitrogens with one attached hydrogen (secondary N) is 1.